The van der Waals surface area contributed by atoms with E-state index in [0.717, 1.165) is 41.5 Å². The lowest BCUT2D eigenvalue weighted by Gasteiger charge is -2.27. The molecular weight excluding hydrogens is 796 g/mol. The number of ether oxygens (including phenoxy) is 3. The third kappa shape index (κ3) is 11.0. The van der Waals surface area contributed by atoms with Crippen molar-refractivity contribution in [2.24, 2.45) is 0 Å². The highest BCUT2D eigenvalue weighted by atomic mass is 35.5. The van der Waals surface area contributed by atoms with Gasteiger partial charge >= 0.3 is 0 Å². The number of hydrogen-bond donors (Lipinski definition) is 3. The Labute approximate surface area is 348 Å². The number of carbonyl (C=O) groups excluding carboxylic acids is 3. The maximum absolute atomic E-state index is 14.1. The van der Waals surface area contributed by atoms with E-state index < -0.39 is 28.4 Å². The molecular formula is C43H47ClN6O8S. The number of nitrogens with one attached hydrogen (secondary N) is 3. The Bertz CT molecular complexity index is 2410. The number of benzene rings is 4. The lowest BCUT2D eigenvalue weighted by molar-refractivity contribution is -0.118. The number of sulfonamides is 1. The Morgan fingerprint density at radius 1 is 0.797 bits per heavy atom. The molecule has 0 bridgehead atoms. The number of rotatable bonds is 17. The number of aryl methyl sites for hydroxylation is 1. The molecule has 14 nitrogen and oxygen atoms in total. The first-order valence-corrected chi connectivity index (χ1v) is 21.0. The minimum atomic E-state index is -4.09. The number of para-hydroxylation sites is 2. The fraction of sp³-hybridized carbons (Fsp3) is 0.302. The highest BCUT2D eigenvalue weighted by Crippen LogP contribution is 2.30. The maximum Gasteiger partial charge on any atom is 0.262 e. The molecule has 3 amide bonds. The molecule has 0 radical (unpaired) electrons. The number of halogens is 1. The van der Waals surface area contributed by atoms with Crippen LogP contribution < -0.4 is 30.2 Å². The van der Waals surface area contributed by atoms with Gasteiger partial charge in [-0.25, -0.2) is 8.42 Å². The second kappa shape index (κ2) is 19.7. The van der Waals surface area contributed by atoms with Crippen LogP contribution in [0.25, 0.3) is 10.9 Å². The second-order valence-electron chi connectivity index (χ2n) is 13.9. The number of nitrogens with zero attached hydrogens (tertiary/aromatic N) is 3. The van der Waals surface area contributed by atoms with E-state index in [1.165, 1.54) is 36.7 Å². The zero-order valence-corrected chi connectivity index (χ0v) is 34.7. The van der Waals surface area contributed by atoms with E-state index in [2.05, 4.69) is 20.9 Å². The van der Waals surface area contributed by atoms with Crippen molar-refractivity contribution in [3.8, 4) is 17.2 Å². The summed E-state index contributed by atoms with van der Waals surface area (Å²) in [5, 5.41) is 10.2. The van der Waals surface area contributed by atoms with Crippen molar-refractivity contribution in [1.82, 2.24) is 14.2 Å². The van der Waals surface area contributed by atoms with Crippen molar-refractivity contribution >= 4 is 67.3 Å². The standard InChI is InChI=1S/C43H47ClN6O8S/c1-29-25-38(34-27-31(44)12-18-35(34)46-29)45-20-24-50(59(54,55)33-15-13-32(56-2)14-16-33)23-19-41(51)47-37-17-11-30(43(53)49-21-7-4-8-22-49)26-40(37)58-28-42(52)48-36-9-5-6-10-39(36)57-3/h5-6,9-18,25-27H,4,7-8,19-24,28H2,1-3H3,(H,45,46)(H,47,51)(H,48,52). The predicted octanol–water partition coefficient (Wildman–Crippen LogP) is 6.99. The predicted molar refractivity (Wildman–Crippen MR) is 228 cm³/mol. The number of amides is 3. The summed E-state index contributed by atoms with van der Waals surface area (Å²) in [6.45, 7) is 2.72. The Balaban J connectivity index is 1.19. The summed E-state index contributed by atoms with van der Waals surface area (Å²) in [5.41, 5.74) is 3.24. The van der Waals surface area contributed by atoms with Crippen molar-refractivity contribution in [3.63, 3.8) is 0 Å². The summed E-state index contributed by atoms with van der Waals surface area (Å²) in [5.74, 6) is -0.135. The van der Waals surface area contributed by atoms with Crippen LogP contribution in [0.1, 0.15) is 41.7 Å². The number of likely N-dealkylation sites (tertiary alicyclic amines) is 1. The first kappa shape index (κ1) is 42.7. The quantitative estimate of drug-likeness (QED) is 0.0888. The summed E-state index contributed by atoms with van der Waals surface area (Å²) in [4.78, 5) is 46.5. The molecule has 310 valence electrons. The number of methoxy groups -OCH3 is 2. The number of aromatic nitrogens is 1. The molecule has 1 aliphatic rings. The van der Waals surface area contributed by atoms with Crippen LogP contribution in [0.2, 0.25) is 5.02 Å². The van der Waals surface area contributed by atoms with Crippen LogP contribution >= 0.6 is 11.6 Å². The molecule has 6 rings (SSSR count). The number of pyridine rings is 1. The zero-order chi connectivity index (χ0) is 41.9. The van der Waals surface area contributed by atoms with Crippen molar-refractivity contribution < 1.29 is 37.0 Å². The van der Waals surface area contributed by atoms with Crippen molar-refractivity contribution in [3.05, 3.63) is 107 Å². The minimum Gasteiger partial charge on any atom is -0.497 e. The van der Waals surface area contributed by atoms with Gasteiger partial charge in [0.25, 0.3) is 11.8 Å². The zero-order valence-electron chi connectivity index (χ0n) is 33.1. The van der Waals surface area contributed by atoms with Gasteiger partial charge in [-0.3, -0.25) is 19.4 Å². The van der Waals surface area contributed by atoms with Crippen LogP contribution in [0.4, 0.5) is 17.1 Å². The van der Waals surface area contributed by atoms with E-state index in [9.17, 15) is 22.8 Å². The number of piperidine rings is 1. The van der Waals surface area contributed by atoms with Gasteiger partial charge in [0.15, 0.2) is 6.61 Å². The molecule has 2 heterocycles. The molecule has 4 aromatic carbocycles. The number of carbonyl (C=O) groups is 3. The molecule has 1 saturated heterocycles. The molecule has 5 aromatic rings. The summed E-state index contributed by atoms with van der Waals surface area (Å²) in [6.07, 6.45) is 2.63. The molecule has 1 aromatic heterocycles. The lowest BCUT2D eigenvalue weighted by Crippen LogP contribution is -2.37. The Morgan fingerprint density at radius 2 is 1.53 bits per heavy atom. The van der Waals surface area contributed by atoms with Crippen LogP contribution in [0.15, 0.2) is 95.9 Å². The molecule has 0 aliphatic carbocycles. The van der Waals surface area contributed by atoms with Crippen LogP contribution in [0, 0.1) is 6.92 Å². The fourth-order valence-electron chi connectivity index (χ4n) is 6.71. The summed E-state index contributed by atoms with van der Waals surface area (Å²) in [7, 11) is -1.10. The molecule has 16 heteroatoms. The van der Waals surface area contributed by atoms with E-state index in [1.54, 1.807) is 65.6 Å². The average Bonchev–Trinajstić information content (AvgIpc) is 3.24. The largest absolute Gasteiger partial charge is 0.497 e. The van der Waals surface area contributed by atoms with Gasteiger partial charge in [0.2, 0.25) is 15.9 Å². The molecule has 59 heavy (non-hydrogen) atoms. The minimum absolute atomic E-state index is 0.00799. The van der Waals surface area contributed by atoms with E-state index in [0.29, 0.717) is 40.9 Å². The molecule has 0 atom stereocenters. The van der Waals surface area contributed by atoms with Crippen molar-refractivity contribution in [1.29, 1.82) is 0 Å². The van der Waals surface area contributed by atoms with Crippen LogP contribution in [0.3, 0.4) is 0 Å². The summed E-state index contributed by atoms with van der Waals surface area (Å²) < 4.78 is 45.9. The summed E-state index contributed by atoms with van der Waals surface area (Å²) in [6, 6.07) is 24.8. The van der Waals surface area contributed by atoms with Gasteiger partial charge in [-0.1, -0.05) is 23.7 Å². The molecule has 1 aliphatic heterocycles. The van der Waals surface area contributed by atoms with Gasteiger partial charge < -0.3 is 35.1 Å². The van der Waals surface area contributed by atoms with Crippen LogP contribution in [-0.4, -0.2) is 93.9 Å². The normalized spacial score (nSPS) is 12.9. The average molecular weight is 843 g/mol. The van der Waals surface area contributed by atoms with Gasteiger partial charge in [-0.2, -0.15) is 4.31 Å². The molecule has 0 spiro atoms. The van der Waals surface area contributed by atoms with E-state index in [1.807, 2.05) is 19.1 Å². The molecule has 1 fully saturated rings. The third-order valence-electron chi connectivity index (χ3n) is 9.75. The SMILES string of the molecule is COc1ccc(S(=O)(=O)N(CCNc2cc(C)nc3ccc(Cl)cc23)CCC(=O)Nc2ccc(C(=O)N3CCCCC3)cc2OCC(=O)Nc2ccccc2OC)cc1. The maximum atomic E-state index is 14.1. The Morgan fingerprint density at radius 3 is 2.27 bits per heavy atom. The van der Waals surface area contributed by atoms with Gasteiger partial charge in [0.1, 0.15) is 17.2 Å². The third-order valence-corrected chi connectivity index (χ3v) is 11.9. The van der Waals surface area contributed by atoms with Gasteiger partial charge in [-0.15, -0.1) is 0 Å². The Hall–Kier alpha value is -5.90. The highest BCUT2D eigenvalue weighted by molar-refractivity contribution is 7.89. The van der Waals surface area contributed by atoms with Crippen molar-refractivity contribution in [2.75, 3.05) is 69.5 Å². The second-order valence-corrected chi connectivity index (χ2v) is 16.3. The molecule has 3 N–H and O–H groups in total. The van der Waals surface area contributed by atoms with Crippen LogP contribution in [0.5, 0.6) is 17.2 Å². The number of anilines is 3. The van der Waals surface area contributed by atoms with Gasteiger partial charge in [-0.05, 0) is 105 Å². The lowest BCUT2D eigenvalue weighted by atomic mass is 10.1. The molecule has 0 saturated carbocycles. The topological polar surface area (TPSA) is 168 Å². The monoisotopic (exact) mass is 842 g/mol. The van der Waals surface area contributed by atoms with Gasteiger partial charge in [0, 0.05) is 66.5 Å². The first-order valence-electron chi connectivity index (χ1n) is 19.2. The number of fused-ring (bicyclic) bond motifs is 1. The smallest absolute Gasteiger partial charge is 0.262 e. The van der Waals surface area contributed by atoms with E-state index in [-0.39, 0.29) is 48.3 Å². The van der Waals surface area contributed by atoms with E-state index >= 15 is 0 Å². The fourth-order valence-corrected chi connectivity index (χ4v) is 8.33. The summed E-state index contributed by atoms with van der Waals surface area (Å²) >= 11 is 6.29. The van der Waals surface area contributed by atoms with E-state index in [4.69, 9.17) is 25.8 Å². The molecule has 0 unspecified atom stereocenters. The first-order chi connectivity index (χ1) is 28.4. The Kier molecular flexibility index (Phi) is 14.3. The number of hydrogen-bond acceptors (Lipinski definition) is 10. The van der Waals surface area contributed by atoms with Crippen molar-refractivity contribution in [2.45, 2.75) is 37.5 Å². The highest BCUT2D eigenvalue weighted by Gasteiger charge is 2.26. The van der Waals surface area contributed by atoms with Crippen LogP contribution in [-0.2, 0) is 19.6 Å². The van der Waals surface area contributed by atoms with Gasteiger partial charge in [0.05, 0.1) is 36.0 Å².